The van der Waals surface area contributed by atoms with Gasteiger partial charge >= 0.3 is 11.9 Å². The van der Waals surface area contributed by atoms with Crippen LogP contribution < -0.4 is 0 Å². The van der Waals surface area contributed by atoms with E-state index < -0.39 is 6.10 Å². The van der Waals surface area contributed by atoms with Crippen LogP contribution in [0.5, 0.6) is 0 Å². The number of hydrogen-bond donors (Lipinski definition) is 1. The molecule has 0 rings (SSSR count). The lowest BCUT2D eigenvalue weighted by Crippen LogP contribution is -2.28. The molecular formula is C66H112O5. The first-order valence-corrected chi connectivity index (χ1v) is 29.9. The number of aliphatic hydroxyl groups excluding tert-OH is 1. The molecule has 1 N–H and O–H groups in total. The Hall–Kier alpha value is -3.44. The summed E-state index contributed by atoms with van der Waals surface area (Å²) in [7, 11) is 0. The third-order valence-electron chi connectivity index (χ3n) is 12.8. The first kappa shape index (κ1) is 67.6. The molecule has 0 amide bonds. The van der Waals surface area contributed by atoms with Crippen molar-refractivity contribution >= 4 is 11.9 Å². The zero-order valence-electron chi connectivity index (χ0n) is 46.5. The summed E-state index contributed by atoms with van der Waals surface area (Å²) in [5.41, 5.74) is 0. The van der Waals surface area contributed by atoms with Gasteiger partial charge in [-0.2, -0.15) is 0 Å². The van der Waals surface area contributed by atoms with Crippen LogP contribution in [-0.4, -0.2) is 36.4 Å². The maximum absolute atomic E-state index is 12.3. The zero-order valence-corrected chi connectivity index (χ0v) is 46.5. The lowest BCUT2D eigenvalue weighted by molar-refractivity contribution is -0.161. The Bertz CT molecular complexity index is 1390. The van der Waals surface area contributed by atoms with E-state index in [2.05, 4.69) is 123 Å². The molecule has 0 aliphatic heterocycles. The highest BCUT2D eigenvalue weighted by Gasteiger charge is 2.16. The van der Waals surface area contributed by atoms with Crippen molar-refractivity contribution in [3.05, 3.63) is 109 Å². The highest BCUT2D eigenvalue weighted by atomic mass is 16.6. The van der Waals surface area contributed by atoms with Crippen molar-refractivity contribution in [3.63, 3.8) is 0 Å². The van der Waals surface area contributed by atoms with Crippen molar-refractivity contribution in [1.29, 1.82) is 0 Å². The topological polar surface area (TPSA) is 72.8 Å². The lowest BCUT2D eigenvalue weighted by atomic mass is 10.0. The van der Waals surface area contributed by atoms with Crippen LogP contribution in [0.25, 0.3) is 0 Å². The van der Waals surface area contributed by atoms with Gasteiger partial charge in [-0.15, -0.1) is 0 Å². The smallest absolute Gasteiger partial charge is 0.306 e. The predicted molar refractivity (Wildman–Crippen MR) is 311 cm³/mol. The summed E-state index contributed by atoms with van der Waals surface area (Å²) in [6.45, 7) is 4.04. The summed E-state index contributed by atoms with van der Waals surface area (Å²) >= 11 is 0. The SMILES string of the molecule is CC/C=C\C/C=C\C/C=C\C/C=C\C/C=C\C/C=C\C/C=C\C/C=C\C/C=C\CCCCCCCC(=O)OC(CO)COC(=O)CCCCCCCCCCCCCCCCCCCCCCCCCC. The number of aliphatic hydroxyl groups is 1. The number of ether oxygens (including phenoxy) is 2. The number of rotatable bonds is 54. The van der Waals surface area contributed by atoms with Gasteiger partial charge in [0.2, 0.25) is 0 Å². The van der Waals surface area contributed by atoms with Gasteiger partial charge in [-0.25, -0.2) is 0 Å². The fraction of sp³-hybridized carbons (Fsp3) is 0.697. The van der Waals surface area contributed by atoms with E-state index in [4.69, 9.17) is 9.47 Å². The Morgan fingerprint density at radius 3 is 0.915 bits per heavy atom. The van der Waals surface area contributed by atoms with Crippen molar-refractivity contribution in [2.24, 2.45) is 0 Å². The molecule has 406 valence electrons. The molecule has 0 bridgehead atoms. The summed E-state index contributed by atoms with van der Waals surface area (Å²) < 4.78 is 10.7. The van der Waals surface area contributed by atoms with E-state index in [0.717, 1.165) is 116 Å². The molecule has 5 heteroatoms. The molecule has 0 aromatic rings. The molecule has 0 saturated heterocycles. The van der Waals surface area contributed by atoms with Crippen LogP contribution in [0.3, 0.4) is 0 Å². The van der Waals surface area contributed by atoms with Crippen LogP contribution in [0.2, 0.25) is 0 Å². The molecule has 0 fully saturated rings. The van der Waals surface area contributed by atoms with Crippen molar-refractivity contribution in [3.8, 4) is 0 Å². The average Bonchev–Trinajstić information content (AvgIpc) is 3.37. The predicted octanol–water partition coefficient (Wildman–Crippen LogP) is 20.5. The molecule has 71 heavy (non-hydrogen) atoms. The normalized spacial score (nSPS) is 13.0. The molecule has 0 aliphatic carbocycles. The van der Waals surface area contributed by atoms with Gasteiger partial charge < -0.3 is 14.6 Å². The zero-order chi connectivity index (χ0) is 51.3. The van der Waals surface area contributed by atoms with Gasteiger partial charge in [-0.1, -0.05) is 290 Å². The van der Waals surface area contributed by atoms with E-state index >= 15 is 0 Å². The number of carbonyl (C=O) groups is 2. The van der Waals surface area contributed by atoms with E-state index in [-0.39, 0.29) is 25.2 Å². The van der Waals surface area contributed by atoms with Crippen LogP contribution in [0, 0.1) is 0 Å². The Morgan fingerprint density at radius 1 is 0.338 bits per heavy atom. The lowest BCUT2D eigenvalue weighted by Gasteiger charge is -2.15. The first-order chi connectivity index (χ1) is 35.1. The van der Waals surface area contributed by atoms with Gasteiger partial charge in [0, 0.05) is 12.8 Å². The first-order valence-electron chi connectivity index (χ1n) is 29.9. The maximum Gasteiger partial charge on any atom is 0.306 e. The second kappa shape index (κ2) is 60.9. The molecule has 0 radical (unpaired) electrons. The standard InChI is InChI=1S/C66H112O5/c1-3-5-7-9-11-13-15-17-19-21-23-25-27-29-30-31-32-33-34-35-36-37-39-41-43-45-47-49-51-53-55-57-59-61-66(69)71-64(62-67)63-70-65(68)60-58-56-54-52-50-48-46-44-42-40-38-28-26-24-22-20-18-16-14-12-10-8-6-4-2/h5,7,11,13,17,19,23,25,29-30,32-33,35-36,39,41,45,47,64,67H,3-4,6,8-10,12,14-16,18,20-22,24,26-28,31,34,37-38,40,42-44,46,48-63H2,1-2H3/b7-5-,13-11-,19-17-,25-23-,30-29-,33-32-,36-35-,41-39-,47-45-. The van der Waals surface area contributed by atoms with Crippen molar-refractivity contribution in [2.75, 3.05) is 13.2 Å². The summed E-state index contributed by atoms with van der Waals surface area (Å²) in [5.74, 6) is -0.609. The molecule has 1 unspecified atom stereocenters. The fourth-order valence-corrected chi connectivity index (χ4v) is 8.37. The van der Waals surface area contributed by atoms with Gasteiger partial charge in [0.15, 0.2) is 6.10 Å². The molecule has 0 spiro atoms. The summed E-state index contributed by atoms with van der Waals surface area (Å²) in [6, 6.07) is 0. The number of hydrogen-bond acceptors (Lipinski definition) is 5. The third-order valence-corrected chi connectivity index (χ3v) is 12.8. The van der Waals surface area contributed by atoms with Gasteiger partial charge in [0.25, 0.3) is 0 Å². The van der Waals surface area contributed by atoms with Crippen LogP contribution in [0.4, 0.5) is 0 Å². The van der Waals surface area contributed by atoms with E-state index in [1.807, 2.05) is 0 Å². The summed E-state index contributed by atoms with van der Waals surface area (Å²) in [5, 5.41) is 9.66. The number of allylic oxidation sites excluding steroid dienone is 18. The highest BCUT2D eigenvalue weighted by molar-refractivity contribution is 5.70. The summed E-state index contributed by atoms with van der Waals surface area (Å²) in [4.78, 5) is 24.6. The van der Waals surface area contributed by atoms with Crippen molar-refractivity contribution < 1.29 is 24.2 Å². The Balaban J connectivity index is 3.58. The van der Waals surface area contributed by atoms with Crippen molar-refractivity contribution in [1.82, 2.24) is 0 Å². The number of carbonyl (C=O) groups excluding carboxylic acids is 2. The highest BCUT2D eigenvalue weighted by Crippen LogP contribution is 2.17. The Labute approximate surface area is 440 Å². The second-order valence-corrected chi connectivity index (χ2v) is 19.7. The fourth-order valence-electron chi connectivity index (χ4n) is 8.37. The largest absolute Gasteiger partial charge is 0.462 e. The molecule has 0 aromatic heterocycles. The van der Waals surface area contributed by atoms with Crippen LogP contribution in [0.15, 0.2) is 109 Å². The van der Waals surface area contributed by atoms with E-state index in [0.29, 0.717) is 12.8 Å². The monoisotopic (exact) mass is 985 g/mol. The van der Waals surface area contributed by atoms with Crippen LogP contribution in [0.1, 0.15) is 277 Å². The molecule has 5 nitrogen and oxygen atoms in total. The van der Waals surface area contributed by atoms with Gasteiger partial charge in [0.05, 0.1) is 6.61 Å². The van der Waals surface area contributed by atoms with Gasteiger partial charge in [0.1, 0.15) is 6.61 Å². The molecule has 0 heterocycles. The van der Waals surface area contributed by atoms with Gasteiger partial charge in [-0.05, 0) is 83.5 Å². The molecule has 1 atom stereocenters. The van der Waals surface area contributed by atoms with Crippen molar-refractivity contribution in [2.45, 2.75) is 283 Å². The minimum atomic E-state index is -0.789. The molecule has 0 saturated carbocycles. The minimum absolute atomic E-state index is 0.0768. The van der Waals surface area contributed by atoms with E-state index in [1.54, 1.807) is 0 Å². The van der Waals surface area contributed by atoms with Crippen LogP contribution in [-0.2, 0) is 19.1 Å². The van der Waals surface area contributed by atoms with E-state index in [9.17, 15) is 14.7 Å². The Morgan fingerprint density at radius 2 is 0.606 bits per heavy atom. The molecular weight excluding hydrogens is 873 g/mol. The quantitative estimate of drug-likeness (QED) is 0.0373. The number of unbranched alkanes of at least 4 members (excludes halogenated alkanes) is 28. The maximum atomic E-state index is 12.3. The second-order valence-electron chi connectivity index (χ2n) is 19.7. The number of esters is 2. The third kappa shape index (κ3) is 59.0. The molecule has 0 aromatic carbocycles. The Kier molecular flexibility index (Phi) is 57.9. The van der Waals surface area contributed by atoms with Gasteiger partial charge in [-0.3, -0.25) is 9.59 Å². The minimum Gasteiger partial charge on any atom is -0.462 e. The van der Waals surface area contributed by atoms with Crippen LogP contribution >= 0.6 is 0 Å². The molecule has 0 aliphatic rings. The summed E-state index contributed by atoms with van der Waals surface area (Å²) in [6.07, 6.45) is 87.8. The van der Waals surface area contributed by atoms with E-state index in [1.165, 1.54) is 135 Å². The average molecular weight is 986 g/mol.